The number of rotatable bonds is 4. The minimum absolute atomic E-state index is 0.0134. The van der Waals surface area contributed by atoms with Crippen molar-refractivity contribution in [2.75, 3.05) is 18.1 Å². The third-order valence-electron chi connectivity index (χ3n) is 3.38. The number of carbonyl (C=O) groups excluding carboxylic acids is 2. The van der Waals surface area contributed by atoms with E-state index in [1.54, 1.807) is 6.92 Å². The summed E-state index contributed by atoms with van der Waals surface area (Å²) in [6, 6.07) is 0.0134. The summed E-state index contributed by atoms with van der Waals surface area (Å²) in [6.07, 6.45) is 1.41. The molecule has 0 saturated carbocycles. The van der Waals surface area contributed by atoms with Gasteiger partial charge in [-0.1, -0.05) is 20.8 Å². The van der Waals surface area contributed by atoms with Gasteiger partial charge in [-0.05, 0) is 25.2 Å². The summed E-state index contributed by atoms with van der Waals surface area (Å²) in [7, 11) is -0.758. The second-order valence-corrected chi connectivity index (χ2v) is 7.88. The van der Waals surface area contributed by atoms with E-state index in [1.165, 1.54) is 0 Å². The Labute approximate surface area is 123 Å². The summed E-state index contributed by atoms with van der Waals surface area (Å²) in [5, 5.41) is 2.91. The Morgan fingerprint density at radius 3 is 2.30 bits per heavy atom. The van der Waals surface area contributed by atoms with Crippen LogP contribution >= 0.6 is 0 Å². The summed E-state index contributed by atoms with van der Waals surface area (Å²) in [5.41, 5.74) is -0.492. The molecule has 0 aliphatic carbocycles. The van der Waals surface area contributed by atoms with E-state index >= 15 is 0 Å². The number of hydrogen-bond donors (Lipinski definition) is 1. The number of nitrogens with one attached hydrogen (secondary N) is 1. The van der Waals surface area contributed by atoms with Gasteiger partial charge in [0.2, 0.25) is 5.91 Å². The number of hydrogen-bond acceptors (Lipinski definition) is 4. The normalized spacial score (nSPS) is 24.8. The van der Waals surface area contributed by atoms with Gasteiger partial charge in [-0.3, -0.25) is 13.8 Å². The molecule has 0 aromatic heterocycles. The number of carbonyl (C=O) groups is 2. The zero-order valence-electron chi connectivity index (χ0n) is 12.7. The largest absolute Gasteiger partial charge is 0.465 e. The van der Waals surface area contributed by atoms with Crippen LogP contribution in [-0.2, 0) is 25.1 Å². The fourth-order valence-corrected chi connectivity index (χ4v) is 3.60. The predicted molar refractivity (Wildman–Crippen MR) is 78.6 cm³/mol. The Kier molecular flexibility index (Phi) is 6.17. The first-order valence-electron chi connectivity index (χ1n) is 7.07. The molecule has 1 fully saturated rings. The topological polar surface area (TPSA) is 72.5 Å². The molecular formula is C14H25NO4S. The van der Waals surface area contributed by atoms with Gasteiger partial charge in [0.25, 0.3) is 0 Å². The Balaban J connectivity index is 2.69. The predicted octanol–water partition coefficient (Wildman–Crippen LogP) is 1.24. The highest BCUT2D eigenvalue weighted by Gasteiger charge is 2.39. The molecule has 1 aliphatic rings. The van der Waals surface area contributed by atoms with Crippen molar-refractivity contribution in [1.29, 1.82) is 0 Å². The number of amides is 1. The molecule has 1 amide bonds. The van der Waals surface area contributed by atoms with E-state index in [1.807, 2.05) is 20.8 Å². The smallest absolute Gasteiger partial charge is 0.319 e. The van der Waals surface area contributed by atoms with Crippen molar-refractivity contribution < 1.29 is 18.5 Å². The Morgan fingerprint density at radius 2 is 1.85 bits per heavy atom. The van der Waals surface area contributed by atoms with Crippen LogP contribution < -0.4 is 5.32 Å². The molecule has 116 valence electrons. The first-order valence-corrected chi connectivity index (χ1v) is 8.56. The first kappa shape index (κ1) is 17.1. The minimum Gasteiger partial charge on any atom is -0.465 e. The molecule has 0 spiro atoms. The van der Waals surface area contributed by atoms with E-state index in [0.717, 1.165) is 0 Å². The van der Waals surface area contributed by atoms with Crippen molar-refractivity contribution in [1.82, 2.24) is 5.32 Å². The van der Waals surface area contributed by atoms with Gasteiger partial charge in [0, 0.05) is 28.3 Å². The summed E-state index contributed by atoms with van der Waals surface area (Å²) in [4.78, 5) is 24.4. The van der Waals surface area contributed by atoms with Crippen LogP contribution in [0.2, 0.25) is 0 Å². The molecule has 0 aromatic rings. The van der Waals surface area contributed by atoms with Gasteiger partial charge in [0.15, 0.2) is 0 Å². The fourth-order valence-electron chi connectivity index (χ4n) is 2.30. The van der Waals surface area contributed by atoms with Crippen molar-refractivity contribution in [2.24, 2.45) is 11.3 Å². The maximum absolute atomic E-state index is 12.4. The highest BCUT2D eigenvalue weighted by molar-refractivity contribution is 7.85. The van der Waals surface area contributed by atoms with E-state index in [0.29, 0.717) is 24.3 Å². The molecule has 5 nitrogen and oxygen atoms in total. The number of esters is 1. The Bertz CT molecular complexity index is 379. The molecule has 0 radical (unpaired) electrons. The molecule has 0 bridgehead atoms. The highest BCUT2D eigenvalue weighted by Crippen LogP contribution is 2.28. The SMILES string of the molecule is CCOC(=O)C(C(=O)NC1CCS(=O)CC1)C(C)(C)C. The van der Waals surface area contributed by atoms with Crippen LogP contribution in [0.5, 0.6) is 0 Å². The van der Waals surface area contributed by atoms with Crippen LogP contribution in [0.4, 0.5) is 0 Å². The molecule has 1 aliphatic heterocycles. The van der Waals surface area contributed by atoms with Crippen molar-refractivity contribution in [3.8, 4) is 0 Å². The lowest BCUT2D eigenvalue weighted by Gasteiger charge is -2.30. The maximum atomic E-state index is 12.4. The monoisotopic (exact) mass is 303 g/mol. The molecule has 1 N–H and O–H groups in total. The van der Waals surface area contributed by atoms with Crippen LogP contribution in [0.1, 0.15) is 40.5 Å². The summed E-state index contributed by atoms with van der Waals surface area (Å²) in [5.74, 6) is -0.338. The van der Waals surface area contributed by atoms with Crippen LogP contribution in [-0.4, -0.2) is 40.2 Å². The quantitative estimate of drug-likeness (QED) is 0.626. The van der Waals surface area contributed by atoms with Gasteiger partial charge in [-0.15, -0.1) is 0 Å². The molecule has 20 heavy (non-hydrogen) atoms. The summed E-state index contributed by atoms with van der Waals surface area (Å²) >= 11 is 0. The third kappa shape index (κ3) is 4.89. The van der Waals surface area contributed by atoms with Gasteiger partial charge in [0.1, 0.15) is 5.92 Å². The third-order valence-corrected chi connectivity index (χ3v) is 4.77. The lowest BCUT2D eigenvalue weighted by Crippen LogP contribution is -2.48. The van der Waals surface area contributed by atoms with Crippen LogP contribution in [0.15, 0.2) is 0 Å². The average Bonchev–Trinajstić information content (AvgIpc) is 2.30. The zero-order valence-corrected chi connectivity index (χ0v) is 13.5. The molecule has 0 aromatic carbocycles. The molecule has 1 unspecified atom stereocenters. The lowest BCUT2D eigenvalue weighted by molar-refractivity contribution is -0.156. The summed E-state index contributed by atoms with van der Waals surface area (Å²) in [6.45, 7) is 7.55. The second-order valence-electron chi connectivity index (χ2n) is 6.18. The first-order chi connectivity index (χ1) is 9.25. The van der Waals surface area contributed by atoms with Gasteiger partial charge in [-0.25, -0.2) is 0 Å². The Hall–Kier alpha value is -0.910. The van der Waals surface area contributed by atoms with Crippen molar-refractivity contribution >= 4 is 22.7 Å². The van der Waals surface area contributed by atoms with Crippen LogP contribution in [0.25, 0.3) is 0 Å². The average molecular weight is 303 g/mol. The van der Waals surface area contributed by atoms with Gasteiger partial charge >= 0.3 is 5.97 Å². The lowest BCUT2D eigenvalue weighted by atomic mass is 9.80. The van der Waals surface area contributed by atoms with Gasteiger partial charge in [0.05, 0.1) is 6.61 Å². The van der Waals surface area contributed by atoms with Crippen molar-refractivity contribution in [3.63, 3.8) is 0 Å². The summed E-state index contributed by atoms with van der Waals surface area (Å²) < 4.78 is 16.3. The fraction of sp³-hybridized carbons (Fsp3) is 0.857. The molecular weight excluding hydrogens is 278 g/mol. The van der Waals surface area contributed by atoms with E-state index < -0.39 is 28.1 Å². The van der Waals surface area contributed by atoms with E-state index in [4.69, 9.17) is 4.74 Å². The van der Waals surface area contributed by atoms with E-state index in [9.17, 15) is 13.8 Å². The van der Waals surface area contributed by atoms with Gasteiger partial charge in [-0.2, -0.15) is 0 Å². The van der Waals surface area contributed by atoms with E-state index in [2.05, 4.69) is 5.32 Å². The standard InChI is InChI=1S/C14H25NO4S/c1-5-19-13(17)11(14(2,3)4)12(16)15-10-6-8-20(18)9-7-10/h10-11H,5-9H2,1-4H3,(H,15,16). The molecule has 1 rings (SSSR count). The van der Waals surface area contributed by atoms with Crippen LogP contribution in [0.3, 0.4) is 0 Å². The van der Waals surface area contributed by atoms with Crippen molar-refractivity contribution in [3.05, 3.63) is 0 Å². The zero-order chi connectivity index (χ0) is 15.3. The van der Waals surface area contributed by atoms with Crippen LogP contribution in [0, 0.1) is 11.3 Å². The van der Waals surface area contributed by atoms with E-state index in [-0.39, 0.29) is 18.6 Å². The van der Waals surface area contributed by atoms with Crippen molar-refractivity contribution in [2.45, 2.75) is 46.6 Å². The highest BCUT2D eigenvalue weighted by atomic mass is 32.2. The molecule has 1 heterocycles. The molecule has 1 atom stereocenters. The second kappa shape index (κ2) is 7.20. The minimum atomic E-state index is -0.810. The van der Waals surface area contributed by atoms with Gasteiger partial charge < -0.3 is 10.1 Å². The molecule has 6 heteroatoms. The molecule has 1 saturated heterocycles. The Morgan fingerprint density at radius 1 is 1.30 bits per heavy atom. The maximum Gasteiger partial charge on any atom is 0.319 e. The number of ether oxygens (including phenoxy) is 1.